The minimum absolute atomic E-state index is 0.123. The molecule has 4 heteroatoms. The van der Waals surface area contributed by atoms with Gasteiger partial charge in [-0.1, -0.05) is 135 Å². The maximum Gasteiger partial charge on any atom is 0.211 e. The first-order valence-electron chi connectivity index (χ1n) is 15.9. The molecule has 7 aromatic rings. The van der Waals surface area contributed by atoms with E-state index < -0.39 is 0 Å². The zero-order valence-electron chi connectivity index (χ0n) is 25.8. The highest BCUT2D eigenvalue weighted by Crippen LogP contribution is 2.50. The van der Waals surface area contributed by atoms with Crippen LogP contribution in [0.3, 0.4) is 0 Å². The molecule has 46 heavy (non-hydrogen) atoms. The summed E-state index contributed by atoms with van der Waals surface area (Å²) in [6.45, 7) is 4.68. The number of hydrogen-bond acceptors (Lipinski definition) is 3. The van der Waals surface area contributed by atoms with Gasteiger partial charge in [-0.2, -0.15) is 4.99 Å². The lowest BCUT2D eigenvalue weighted by Crippen LogP contribution is -2.37. The molecular weight excluding hydrogens is 560 g/mol. The SMILES string of the molecule is CC1(C)c2ccccc2-c2cc3c4cc(-c5ccccc5)ccc4n(C4=NC(c5ccccc5)=NC(c5ccccc5)N4)c3cc21. The average molecular weight is 593 g/mol. The van der Waals surface area contributed by atoms with Gasteiger partial charge in [0.05, 0.1) is 11.0 Å². The molecule has 1 aliphatic carbocycles. The molecule has 4 nitrogen and oxygen atoms in total. The van der Waals surface area contributed by atoms with Gasteiger partial charge in [-0.15, -0.1) is 0 Å². The van der Waals surface area contributed by atoms with Crippen LogP contribution >= 0.6 is 0 Å². The number of fused-ring (bicyclic) bond motifs is 6. The Kier molecular flexibility index (Phi) is 5.88. The predicted octanol–water partition coefficient (Wildman–Crippen LogP) is 9.72. The summed E-state index contributed by atoms with van der Waals surface area (Å²) in [6, 6.07) is 51.8. The number of nitrogens with one attached hydrogen (secondary N) is 1. The summed E-state index contributed by atoms with van der Waals surface area (Å²) in [5, 5.41) is 6.15. The summed E-state index contributed by atoms with van der Waals surface area (Å²) < 4.78 is 2.31. The fourth-order valence-electron chi connectivity index (χ4n) is 7.32. The number of rotatable bonds is 3. The Morgan fingerprint density at radius 2 is 1.22 bits per heavy atom. The average Bonchev–Trinajstić information content (AvgIpc) is 3.56. The van der Waals surface area contributed by atoms with Gasteiger partial charge < -0.3 is 5.32 Å². The second-order valence-electron chi connectivity index (χ2n) is 12.7. The van der Waals surface area contributed by atoms with Crippen molar-refractivity contribution in [2.75, 3.05) is 0 Å². The van der Waals surface area contributed by atoms with E-state index in [1.807, 2.05) is 24.3 Å². The van der Waals surface area contributed by atoms with Crippen LogP contribution in [0.15, 0.2) is 156 Å². The molecule has 0 amide bonds. The van der Waals surface area contributed by atoms with E-state index in [0.29, 0.717) is 5.84 Å². The molecule has 0 bridgehead atoms. The molecule has 2 aliphatic rings. The second-order valence-corrected chi connectivity index (χ2v) is 12.7. The van der Waals surface area contributed by atoms with Crippen molar-refractivity contribution in [3.63, 3.8) is 0 Å². The van der Waals surface area contributed by atoms with Crippen LogP contribution in [0, 0.1) is 0 Å². The fraction of sp³-hybridized carbons (Fsp3) is 0.0952. The van der Waals surface area contributed by atoms with Crippen molar-refractivity contribution in [3.05, 3.63) is 168 Å². The van der Waals surface area contributed by atoms with Crippen LogP contribution in [0.2, 0.25) is 0 Å². The Morgan fingerprint density at radius 1 is 0.565 bits per heavy atom. The molecule has 1 aromatic heterocycles. The molecule has 0 spiro atoms. The van der Waals surface area contributed by atoms with Crippen LogP contribution < -0.4 is 5.32 Å². The van der Waals surface area contributed by atoms with Gasteiger partial charge in [0, 0.05) is 21.8 Å². The smallest absolute Gasteiger partial charge is 0.211 e. The predicted molar refractivity (Wildman–Crippen MR) is 191 cm³/mol. The summed E-state index contributed by atoms with van der Waals surface area (Å²) in [4.78, 5) is 10.3. The minimum Gasteiger partial charge on any atom is -0.330 e. The Labute approximate surface area is 268 Å². The van der Waals surface area contributed by atoms with Crippen molar-refractivity contribution in [3.8, 4) is 22.3 Å². The molecule has 2 heterocycles. The maximum atomic E-state index is 5.24. The zero-order chi connectivity index (χ0) is 30.8. The second kappa shape index (κ2) is 10.1. The highest BCUT2D eigenvalue weighted by Gasteiger charge is 2.36. The number of aromatic nitrogens is 1. The van der Waals surface area contributed by atoms with Crippen LogP contribution in [0.5, 0.6) is 0 Å². The standard InChI is InChI=1S/C42H32N4/c1-42(2)35-21-13-12-20-31(35)32-25-34-33-24-30(27-14-6-3-7-15-27)22-23-37(33)46(38(34)26-36(32)42)41-44-39(28-16-8-4-9-17-28)43-40(45-41)29-18-10-5-11-19-29/h3-26,39H,1-2H3,(H,43,44,45). The zero-order valence-corrected chi connectivity index (χ0v) is 25.8. The van der Waals surface area contributed by atoms with Crippen molar-refractivity contribution >= 4 is 33.6 Å². The topological polar surface area (TPSA) is 41.7 Å². The highest BCUT2D eigenvalue weighted by molar-refractivity contribution is 6.18. The van der Waals surface area contributed by atoms with E-state index in [2.05, 4.69) is 145 Å². The van der Waals surface area contributed by atoms with Crippen LogP contribution in [0.25, 0.3) is 44.1 Å². The van der Waals surface area contributed by atoms with Crippen molar-refractivity contribution < 1.29 is 0 Å². The normalized spacial score (nSPS) is 16.4. The Morgan fingerprint density at radius 3 is 1.98 bits per heavy atom. The lowest BCUT2D eigenvalue weighted by molar-refractivity contribution is 0.658. The van der Waals surface area contributed by atoms with Crippen LogP contribution in [0.1, 0.15) is 42.3 Å². The van der Waals surface area contributed by atoms with E-state index in [1.165, 1.54) is 44.2 Å². The number of benzene rings is 6. The van der Waals surface area contributed by atoms with E-state index in [1.54, 1.807) is 0 Å². The van der Waals surface area contributed by atoms with Crippen molar-refractivity contribution in [1.29, 1.82) is 0 Å². The Balaban J connectivity index is 1.33. The van der Waals surface area contributed by atoms with Crippen LogP contribution in [-0.4, -0.2) is 16.4 Å². The number of nitrogens with zero attached hydrogens (tertiary/aromatic N) is 3. The summed E-state index contributed by atoms with van der Waals surface area (Å²) in [5.74, 6) is 1.48. The van der Waals surface area contributed by atoms with Crippen LogP contribution in [0.4, 0.5) is 0 Å². The quantitative estimate of drug-likeness (QED) is 0.218. The van der Waals surface area contributed by atoms with E-state index in [9.17, 15) is 0 Å². The van der Waals surface area contributed by atoms with Crippen molar-refractivity contribution in [2.24, 2.45) is 9.98 Å². The van der Waals surface area contributed by atoms with E-state index in [4.69, 9.17) is 9.98 Å². The molecule has 1 aliphatic heterocycles. The highest BCUT2D eigenvalue weighted by atomic mass is 15.3. The van der Waals surface area contributed by atoms with E-state index in [0.717, 1.165) is 28.1 Å². The van der Waals surface area contributed by atoms with Gasteiger partial charge in [0.15, 0.2) is 5.84 Å². The molecule has 6 aromatic carbocycles. The van der Waals surface area contributed by atoms with Crippen molar-refractivity contribution in [2.45, 2.75) is 25.4 Å². The number of hydrogen-bond donors (Lipinski definition) is 1. The van der Waals surface area contributed by atoms with Gasteiger partial charge in [-0.3, -0.25) is 4.57 Å². The number of amidine groups is 1. The van der Waals surface area contributed by atoms with Gasteiger partial charge in [-0.05, 0) is 63.2 Å². The first kappa shape index (κ1) is 26.6. The van der Waals surface area contributed by atoms with Gasteiger partial charge >= 0.3 is 0 Å². The largest absolute Gasteiger partial charge is 0.330 e. The molecule has 0 radical (unpaired) electrons. The molecule has 0 fully saturated rings. The minimum atomic E-state index is -0.282. The number of aliphatic imine (C=N–C) groups is 2. The monoisotopic (exact) mass is 592 g/mol. The Hall–Kier alpha value is -5.74. The van der Waals surface area contributed by atoms with Crippen molar-refractivity contribution in [1.82, 2.24) is 9.88 Å². The molecule has 0 saturated carbocycles. The summed E-state index contributed by atoms with van der Waals surface area (Å²) >= 11 is 0. The third-order valence-corrected chi connectivity index (χ3v) is 9.66. The molecular formula is C42H32N4. The first-order chi connectivity index (χ1) is 22.6. The Bertz CT molecular complexity index is 2350. The third kappa shape index (κ3) is 4.07. The molecule has 0 saturated heterocycles. The molecule has 1 N–H and O–H groups in total. The molecule has 1 atom stereocenters. The van der Waals surface area contributed by atoms with E-state index >= 15 is 0 Å². The van der Waals surface area contributed by atoms with Crippen LogP contribution in [-0.2, 0) is 5.41 Å². The van der Waals surface area contributed by atoms with Gasteiger partial charge in [-0.25, -0.2) is 4.99 Å². The van der Waals surface area contributed by atoms with Gasteiger partial charge in [0.25, 0.3) is 0 Å². The first-order valence-corrected chi connectivity index (χ1v) is 15.9. The van der Waals surface area contributed by atoms with E-state index in [-0.39, 0.29) is 11.6 Å². The summed E-state index contributed by atoms with van der Waals surface area (Å²) in [5.41, 5.74) is 11.9. The summed E-state index contributed by atoms with van der Waals surface area (Å²) in [6.07, 6.45) is -0.282. The molecule has 9 rings (SSSR count). The maximum absolute atomic E-state index is 5.24. The summed E-state index contributed by atoms with van der Waals surface area (Å²) in [7, 11) is 0. The van der Waals surface area contributed by atoms with Gasteiger partial charge in [0.2, 0.25) is 5.96 Å². The fourth-order valence-corrected chi connectivity index (χ4v) is 7.32. The lowest BCUT2D eigenvalue weighted by atomic mass is 9.82. The molecule has 1 unspecified atom stereocenters. The third-order valence-electron chi connectivity index (χ3n) is 9.66. The lowest BCUT2D eigenvalue weighted by Gasteiger charge is -2.25. The van der Waals surface area contributed by atoms with Gasteiger partial charge in [0.1, 0.15) is 6.17 Å². The molecule has 220 valence electrons.